The molecule has 1 aliphatic rings. The summed E-state index contributed by atoms with van der Waals surface area (Å²) in [6.45, 7) is 2.58. The van der Waals surface area contributed by atoms with Gasteiger partial charge in [-0.2, -0.15) is 4.31 Å². The number of halogens is 2. The van der Waals surface area contributed by atoms with Gasteiger partial charge in [-0.1, -0.05) is 0 Å². The minimum absolute atomic E-state index is 0.0660. The fourth-order valence-corrected chi connectivity index (χ4v) is 4.82. The quantitative estimate of drug-likeness (QED) is 0.760. The summed E-state index contributed by atoms with van der Waals surface area (Å²) >= 11 is 0. The van der Waals surface area contributed by atoms with Gasteiger partial charge < -0.3 is 4.98 Å². The Morgan fingerprint density at radius 2 is 1.77 bits per heavy atom. The van der Waals surface area contributed by atoms with Crippen molar-refractivity contribution in [3.63, 3.8) is 0 Å². The number of aromatic nitrogens is 3. The summed E-state index contributed by atoms with van der Waals surface area (Å²) in [5, 5.41) is 0.286. The molecule has 1 fully saturated rings. The van der Waals surface area contributed by atoms with Crippen LogP contribution in [0, 0.1) is 18.6 Å². The van der Waals surface area contributed by atoms with E-state index >= 15 is 0 Å². The average Bonchev–Trinajstić information content (AvgIpc) is 3.26. The first-order chi connectivity index (χ1) is 12.4. The van der Waals surface area contributed by atoms with Crippen molar-refractivity contribution in [2.75, 3.05) is 13.1 Å². The molecule has 2 aromatic heterocycles. The lowest BCUT2D eigenvalue weighted by Crippen LogP contribution is -2.28. The van der Waals surface area contributed by atoms with Crippen LogP contribution in [0.5, 0.6) is 0 Å². The number of nitrogens with zero attached hydrogens (tertiary/aromatic N) is 3. The SMILES string of the molecule is Cc1cc(F)c2[nH]c(S(=O)(=O)N3CCCC3)cc2c1-c1ncc(F)cn1. The first-order valence-corrected chi connectivity index (χ1v) is 9.62. The van der Waals surface area contributed by atoms with Crippen molar-refractivity contribution in [3.05, 3.63) is 41.7 Å². The van der Waals surface area contributed by atoms with Crippen molar-refractivity contribution >= 4 is 20.9 Å². The summed E-state index contributed by atoms with van der Waals surface area (Å²) < 4.78 is 54.5. The predicted octanol–water partition coefficient (Wildman–Crippen LogP) is 3.00. The van der Waals surface area contributed by atoms with Crippen molar-refractivity contribution in [1.29, 1.82) is 0 Å². The van der Waals surface area contributed by atoms with E-state index in [1.54, 1.807) is 6.92 Å². The lowest BCUT2D eigenvalue weighted by Gasteiger charge is -2.13. The summed E-state index contributed by atoms with van der Waals surface area (Å²) in [5.41, 5.74) is 1.07. The molecule has 0 amide bonds. The van der Waals surface area contributed by atoms with Crippen molar-refractivity contribution in [2.45, 2.75) is 24.8 Å². The minimum atomic E-state index is -3.73. The molecule has 0 aliphatic carbocycles. The number of hydrogen-bond donors (Lipinski definition) is 1. The molecule has 0 atom stereocenters. The highest BCUT2D eigenvalue weighted by atomic mass is 32.2. The van der Waals surface area contributed by atoms with Gasteiger partial charge in [0.1, 0.15) is 10.8 Å². The van der Waals surface area contributed by atoms with Gasteiger partial charge in [0, 0.05) is 24.0 Å². The molecule has 4 rings (SSSR count). The third-order valence-corrected chi connectivity index (χ3v) is 6.39. The second-order valence-corrected chi connectivity index (χ2v) is 8.21. The van der Waals surface area contributed by atoms with Gasteiger partial charge in [0.05, 0.1) is 17.9 Å². The summed E-state index contributed by atoms with van der Waals surface area (Å²) in [6.07, 6.45) is 3.65. The van der Waals surface area contributed by atoms with E-state index in [1.807, 2.05) is 0 Å². The van der Waals surface area contributed by atoms with E-state index in [0.717, 1.165) is 25.2 Å². The molecular weight excluding hydrogens is 362 g/mol. The van der Waals surface area contributed by atoms with Crippen LogP contribution >= 0.6 is 0 Å². The zero-order chi connectivity index (χ0) is 18.5. The van der Waals surface area contributed by atoms with E-state index in [2.05, 4.69) is 15.0 Å². The van der Waals surface area contributed by atoms with Gasteiger partial charge in [-0.3, -0.25) is 0 Å². The van der Waals surface area contributed by atoms with E-state index in [4.69, 9.17) is 0 Å². The fraction of sp³-hybridized carbons (Fsp3) is 0.294. The Bertz CT molecular complexity index is 1090. The van der Waals surface area contributed by atoms with E-state index < -0.39 is 21.7 Å². The first-order valence-electron chi connectivity index (χ1n) is 8.18. The van der Waals surface area contributed by atoms with Crippen molar-refractivity contribution < 1.29 is 17.2 Å². The van der Waals surface area contributed by atoms with Crippen LogP contribution in [0.25, 0.3) is 22.3 Å². The second kappa shape index (κ2) is 6.10. The number of sulfonamides is 1. The molecule has 0 spiro atoms. The van der Waals surface area contributed by atoms with Crippen LogP contribution < -0.4 is 0 Å². The predicted molar refractivity (Wildman–Crippen MR) is 92.0 cm³/mol. The minimum Gasteiger partial charge on any atom is -0.342 e. The summed E-state index contributed by atoms with van der Waals surface area (Å²) in [6, 6.07) is 2.69. The third kappa shape index (κ3) is 2.67. The number of fused-ring (bicyclic) bond motifs is 1. The van der Waals surface area contributed by atoms with Gasteiger partial charge in [0.25, 0.3) is 10.0 Å². The lowest BCUT2D eigenvalue weighted by atomic mass is 10.0. The summed E-state index contributed by atoms with van der Waals surface area (Å²) in [7, 11) is -3.73. The molecule has 0 bridgehead atoms. The van der Waals surface area contributed by atoms with Gasteiger partial charge in [-0.05, 0) is 37.5 Å². The zero-order valence-corrected chi connectivity index (χ0v) is 14.8. The molecule has 9 heteroatoms. The van der Waals surface area contributed by atoms with Crippen molar-refractivity contribution in [3.8, 4) is 11.4 Å². The number of aryl methyl sites for hydroxylation is 1. The van der Waals surface area contributed by atoms with Crippen LogP contribution in [0.2, 0.25) is 0 Å². The Morgan fingerprint density at radius 3 is 2.42 bits per heavy atom. The Morgan fingerprint density at radius 1 is 1.12 bits per heavy atom. The second-order valence-electron chi connectivity index (χ2n) is 6.31. The van der Waals surface area contributed by atoms with Crippen LogP contribution in [0.3, 0.4) is 0 Å². The van der Waals surface area contributed by atoms with E-state index in [-0.39, 0.29) is 16.4 Å². The van der Waals surface area contributed by atoms with Crippen LogP contribution in [0.1, 0.15) is 18.4 Å². The fourth-order valence-electron chi connectivity index (χ4n) is 3.31. The van der Waals surface area contributed by atoms with Gasteiger partial charge in [0.2, 0.25) is 0 Å². The standard InChI is InChI=1S/C17H16F2N4O2S/c1-10-6-13(19)16-12(15(10)17-20-8-11(18)9-21-17)7-14(22-16)26(24,25)23-4-2-3-5-23/h6-9,22H,2-5H2,1H3. The van der Waals surface area contributed by atoms with Crippen LogP contribution in [-0.2, 0) is 10.0 Å². The number of benzene rings is 1. The Balaban J connectivity index is 1.94. The summed E-state index contributed by atoms with van der Waals surface area (Å²) in [5.74, 6) is -0.944. The normalized spacial score (nSPS) is 15.8. The highest BCUT2D eigenvalue weighted by molar-refractivity contribution is 7.89. The average molecular weight is 378 g/mol. The molecule has 0 saturated carbocycles. The highest BCUT2D eigenvalue weighted by Crippen LogP contribution is 2.34. The van der Waals surface area contributed by atoms with Gasteiger partial charge in [-0.15, -0.1) is 0 Å². The van der Waals surface area contributed by atoms with E-state index in [9.17, 15) is 17.2 Å². The topological polar surface area (TPSA) is 79.0 Å². The molecule has 3 heterocycles. The number of nitrogens with one attached hydrogen (secondary N) is 1. The molecule has 3 aromatic rings. The van der Waals surface area contributed by atoms with E-state index in [1.165, 1.54) is 16.4 Å². The molecule has 6 nitrogen and oxygen atoms in total. The lowest BCUT2D eigenvalue weighted by molar-refractivity contribution is 0.475. The molecular formula is C17H16F2N4O2S. The third-order valence-electron chi connectivity index (χ3n) is 4.57. The van der Waals surface area contributed by atoms with E-state index in [0.29, 0.717) is 29.6 Å². The maximum atomic E-state index is 14.4. The largest absolute Gasteiger partial charge is 0.342 e. The van der Waals surface area contributed by atoms with Crippen LogP contribution in [0.15, 0.2) is 29.6 Å². The molecule has 1 aromatic carbocycles. The maximum Gasteiger partial charge on any atom is 0.258 e. The molecule has 26 heavy (non-hydrogen) atoms. The highest BCUT2D eigenvalue weighted by Gasteiger charge is 2.30. The Kier molecular flexibility index (Phi) is 4.00. The van der Waals surface area contributed by atoms with Gasteiger partial charge in [0.15, 0.2) is 11.6 Å². The molecule has 1 N–H and O–H groups in total. The van der Waals surface area contributed by atoms with Crippen molar-refractivity contribution in [2.24, 2.45) is 0 Å². The Hall–Kier alpha value is -2.39. The molecule has 1 aliphatic heterocycles. The Labute approximate surface area is 148 Å². The van der Waals surface area contributed by atoms with Crippen LogP contribution in [-0.4, -0.2) is 40.8 Å². The summed E-state index contributed by atoms with van der Waals surface area (Å²) in [4.78, 5) is 10.6. The molecule has 0 radical (unpaired) electrons. The molecule has 0 unspecified atom stereocenters. The maximum absolute atomic E-state index is 14.4. The molecule has 136 valence electrons. The number of rotatable bonds is 3. The monoisotopic (exact) mass is 378 g/mol. The smallest absolute Gasteiger partial charge is 0.258 e. The number of hydrogen-bond acceptors (Lipinski definition) is 4. The van der Waals surface area contributed by atoms with Gasteiger partial charge in [-0.25, -0.2) is 27.2 Å². The van der Waals surface area contributed by atoms with Crippen molar-refractivity contribution in [1.82, 2.24) is 19.3 Å². The zero-order valence-electron chi connectivity index (χ0n) is 14.0. The van der Waals surface area contributed by atoms with Crippen LogP contribution in [0.4, 0.5) is 8.78 Å². The number of aromatic amines is 1. The molecule has 1 saturated heterocycles. The van der Waals surface area contributed by atoms with Gasteiger partial charge >= 0.3 is 0 Å². The number of H-pyrrole nitrogens is 1. The first kappa shape index (κ1) is 17.0.